The highest BCUT2D eigenvalue weighted by Crippen LogP contribution is 2.34. The molecule has 0 bridgehead atoms. The van der Waals surface area contributed by atoms with Crippen LogP contribution in [0.5, 0.6) is 0 Å². The molecule has 2 atom stereocenters. The van der Waals surface area contributed by atoms with E-state index in [1.165, 1.54) is 12.1 Å². The summed E-state index contributed by atoms with van der Waals surface area (Å²) in [5.74, 6) is 0.982. The van der Waals surface area contributed by atoms with Crippen LogP contribution in [0.4, 0.5) is 4.39 Å². The second kappa shape index (κ2) is 4.92. The number of benzene rings is 1. The highest BCUT2D eigenvalue weighted by molar-refractivity contribution is 9.09. The predicted octanol–water partition coefficient (Wildman–Crippen LogP) is 4.55. The fraction of sp³-hybridized carbons (Fsp3) is 0.500. The fourth-order valence-corrected chi connectivity index (χ4v) is 2.20. The van der Waals surface area contributed by atoms with Crippen molar-refractivity contribution in [2.75, 3.05) is 0 Å². The Labute approximate surface area is 93.7 Å². The van der Waals surface area contributed by atoms with Gasteiger partial charge in [0.15, 0.2) is 0 Å². The Kier molecular flexibility index (Phi) is 4.11. The minimum Gasteiger partial charge on any atom is -0.207 e. The SMILES string of the molecule is CC(C)C(C)C(Br)c1ccc(F)cc1. The molecule has 0 aromatic heterocycles. The van der Waals surface area contributed by atoms with Gasteiger partial charge in [-0.15, -0.1) is 0 Å². The lowest BCUT2D eigenvalue weighted by atomic mass is 9.91. The third-order valence-corrected chi connectivity index (χ3v) is 4.06. The molecule has 0 aliphatic carbocycles. The van der Waals surface area contributed by atoms with Gasteiger partial charge in [-0.3, -0.25) is 0 Å². The van der Waals surface area contributed by atoms with E-state index >= 15 is 0 Å². The molecule has 0 aliphatic heterocycles. The zero-order valence-electron chi connectivity index (χ0n) is 8.80. The van der Waals surface area contributed by atoms with Crippen molar-refractivity contribution in [3.05, 3.63) is 35.6 Å². The second-order valence-electron chi connectivity index (χ2n) is 4.06. The van der Waals surface area contributed by atoms with Gasteiger partial charge in [0.05, 0.1) is 0 Å². The van der Waals surface area contributed by atoms with E-state index in [4.69, 9.17) is 0 Å². The summed E-state index contributed by atoms with van der Waals surface area (Å²) in [6.07, 6.45) is 0. The third kappa shape index (κ3) is 2.81. The molecule has 78 valence electrons. The first-order valence-electron chi connectivity index (χ1n) is 4.92. The quantitative estimate of drug-likeness (QED) is 0.698. The van der Waals surface area contributed by atoms with Gasteiger partial charge in [0.1, 0.15) is 5.82 Å². The van der Waals surface area contributed by atoms with E-state index in [2.05, 4.69) is 36.7 Å². The monoisotopic (exact) mass is 258 g/mol. The van der Waals surface area contributed by atoms with Crippen LogP contribution < -0.4 is 0 Å². The smallest absolute Gasteiger partial charge is 0.123 e. The van der Waals surface area contributed by atoms with Crippen molar-refractivity contribution in [3.63, 3.8) is 0 Å². The molecule has 0 amide bonds. The fourth-order valence-electron chi connectivity index (χ4n) is 1.29. The number of hydrogen-bond donors (Lipinski definition) is 0. The number of halogens is 2. The summed E-state index contributed by atoms with van der Waals surface area (Å²) in [4.78, 5) is 0.308. The summed E-state index contributed by atoms with van der Waals surface area (Å²) in [6.45, 7) is 6.60. The van der Waals surface area contributed by atoms with Gasteiger partial charge in [0, 0.05) is 4.83 Å². The average molecular weight is 259 g/mol. The van der Waals surface area contributed by atoms with Crippen LogP contribution in [0.25, 0.3) is 0 Å². The third-order valence-electron chi connectivity index (χ3n) is 2.70. The summed E-state index contributed by atoms with van der Waals surface area (Å²) in [7, 11) is 0. The molecule has 14 heavy (non-hydrogen) atoms. The normalized spacial score (nSPS) is 15.6. The zero-order valence-corrected chi connectivity index (χ0v) is 10.4. The van der Waals surface area contributed by atoms with Crippen LogP contribution in [-0.2, 0) is 0 Å². The Hall–Kier alpha value is -0.370. The highest BCUT2D eigenvalue weighted by atomic mass is 79.9. The van der Waals surface area contributed by atoms with Gasteiger partial charge in [-0.1, -0.05) is 48.8 Å². The van der Waals surface area contributed by atoms with E-state index in [0.717, 1.165) is 5.56 Å². The van der Waals surface area contributed by atoms with Gasteiger partial charge in [0.25, 0.3) is 0 Å². The van der Waals surface area contributed by atoms with Crippen LogP contribution in [0.15, 0.2) is 24.3 Å². The molecular weight excluding hydrogens is 243 g/mol. The first-order chi connectivity index (χ1) is 6.52. The molecule has 0 saturated carbocycles. The molecule has 0 N–H and O–H groups in total. The van der Waals surface area contributed by atoms with Crippen molar-refractivity contribution < 1.29 is 4.39 Å². The molecule has 0 fully saturated rings. The first-order valence-corrected chi connectivity index (χ1v) is 5.83. The van der Waals surface area contributed by atoms with E-state index in [1.54, 1.807) is 0 Å². The predicted molar refractivity (Wildman–Crippen MR) is 62.1 cm³/mol. The van der Waals surface area contributed by atoms with Gasteiger partial charge in [-0.25, -0.2) is 4.39 Å². The Morgan fingerprint density at radius 3 is 2.00 bits per heavy atom. The first kappa shape index (κ1) is 11.7. The van der Waals surface area contributed by atoms with Crippen molar-refractivity contribution in [1.82, 2.24) is 0 Å². The molecule has 0 spiro atoms. The molecule has 0 heterocycles. The molecule has 1 rings (SSSR count). The largest absolute Gasteiger partial charge is 0.207 e. The van der Waals surface area contributed by atoms with E-state index in [9.17, 15) is 4.39 Å². The van der Waals surface area contributed by atoms with Crippen molar-refractivity contribution >= 4 is 15.9 Å². The number of rotatable bonds is 3. The summed E-state index contributed by atoms with van der Waals surface area (Å²) in [5.41, 5.74) is 1.15. The standard InChI is InChI=1S/C12H16BrF/c1-8(2)9(3)12(13)10-4-6-11(14)7-5-10/h4-9,12H,1-3H3. The Balaban J connectivity index is 2.78. The van der Waals surface area contributed by atoms with Crippen LogP contribution in [0, 0.1) is 17.7 Å². The van der Waals surface area contributed by atoms with E-state index in [0.29, 0.717) is 16.7 Å². The van der Waals surface area contributed by atoms with Gasteiger partial charge < -0.3 is 0 Å². The van der Waals surface area contributed by atoms with Crippen molar-refractivity contribution in [2.45, 2.75) is 25.6 Å². The Morgan fingerprint density at radius 1 is 1.07 bits per heavy atom. The summed E-state index contributed by atoms with van der Waals surface area (Å²) < 4.78 is 12.7. The summed E-state index contributed by atoms with van der Waals surface area (Å²) >= 11 is 3.65. The molecule has 2 unspecified atom stereocenters. The Bertz CT molecular complexity index is 279. The lowest BCUT2D eigenvalue weighted by Crippen LogP contribution is -2.10. The van der Waals surface area contributed by atoms with Gasteiger partial charge in [0.2, 0.25) is 0 Å². The molecule has 0 nitrogen and oxygen atoms in total. The maximum Gasteiger partial charge on any atom is 0.123 e. The van der Waals surface area contributed by atoms with Crippen LogP contribution in [0.1, 0.15) is 31.2 Å². The molecule has 0 aliphatic rings. The minimum atomic E-state index is -0.175. The molecule has 2 heteroatoms. The lowest BCUT2D eigenvalue weighted by molar-refractivity contribution is 0.414. The minimum absolute atomic E-state index is 0.175. The van der Waals surface area contributed by atoms with Gasteiger partial charge >= 0.3 is 0 Å². The van der Waals surface area contributed by atoms with E-state index in [-0.39, 0.29) is 5.82 Å². The summed E-state index contributed by atoms with van der Waals surface area (Å²) in [5, 5.41) is 0. The Morgan fingerprint density at radius 2 is 1.57 bits per heavy atom. The number of alkyl halides is 1. The zero-order chi connectivity index (χ0) is 10.7. The maximum absolute atomic E-state index is 12.7. The van der Waals surface area contributed by atoms with Gasteiger partial charge in [-0.2, -0.15) is 0 Å². The van der Waals surface area contributed by atoms with Crippen LogP contribution in [-0.4, -0.2) is 0 Å². The average Bonchev–Trinajstić information content (AvgIpc) is 2.16. The second-order valence-corrected chi connectivity index (χ2v) is 5.04. The molecule has 0 saturated heterocycles. The van der Waals surface area contributed by atoms with Gasteiger partial charge in [-0.05, 0) is 29.5 Å². The highest BCUT2D eigenvalue weighted by Gasteiger charge is 2.18. The van der Waals surface area contributed by atoms with Crippen LogP contribution in [0.2, 0.25) is 0 Å². The van der Waals surface area contributed by atoms with Crippen molar-refractivity contribution in [3.8, 4) is 0 Å². The van der Waals surface area contributed by atoms with Crippen LogP contribution in [0.3, 0.4) is 0 Å². The van der Waals surface area contributed by atoms with Crippen molar-refractivity contribution in [1.29, 1.82) is 0 Å². The van der Waals surface area contributed by atoms with E-state index < -0.39 is 0 Å². The molecular formula is C12H16BrF. The summed E-state index contributed by atoms with van der Waals surface area (Å²) in [6, 6.07) is 6.70. The molecule has 1 aromatic rings. The number of hydrogen-bond acceptors (Lipinski definition) is 0. The lowest BCUT2D eigenvalue weighted by Gasteiger charge is -2.22. The van der Waals surface area contributed by atoms with E-state index in [1.807, 2.05) is 12.1 Å². The van der Waals surface area contributed by atoms with Crippen LogP contribution >= 0.6 is 15.9 Å². The topological polar surface area (TPSA) is 0 Å². The maximum atomic E-state index is 12.7. The van der Waals surface area contributed by atoms with Crippen molar-refractivity contribution in [2.24, 2.45) is 11.8 Å². The molecule has 0 radical (unpaired) electrons. The molecule has 1 aromatic carbocycles.